The van der Waals surface area contributed by atoms with Crippen LogP contribution < -0.4 is 10.6 Å². The lowest BCUT2D eigenvalue weighted by Crippen LogP contribution is -2.57. The van der Waals surface area contributed by atoms with Crippen LogP contribution in [0.1, 0.15) is 37.0 Å². The van der Waals surface area contributed by atoms with Crippen LogP contribution in [0.3, 0.4) is 0 Å². The molecule has 0 bridgehead atoms. The van der Waals surface area contributed by atoms with Crippen LogP contribution in [0.25, 0.3) is 0 Å². The number of aliphatic hydroxyl groups excluding tert-OH is 1. The molecule has 3 rings (SSSR count). The van der Waals surface area contributed by atoms with Crippen LogP contribution in [-0.2, 0) is 33.8 Å². The number of nitrogens with one attached hydrogen (secondary N) is 2. The van der Waals surface area contributed by atoms with Gasteiger partial charge in [-0.15, -0.1) is 0 Å². The molecule has 0 spiro atoms. The van der Waals surface area contributed by atoms with E-state index in [4.69, 9.17) is 0 Å². The molecule has 1 saturated heterocycles. The molecule has 2 aromatic carbocycles. The smallest absolute Gasteiger partial charge is 0.312 e. The Kier molecular flexibility index (Phi) is 10.7. The first kappa shape index (κ1) is 29.2. The quantitative estimate of drug-likeness (QED) is 0.343. The van der Waals surface area contributed by atoms with E-state index in [0.29, 0.717) is 19.6 Å². The van der Waals surface area contributed by atoms with Gasteiger partial charge in [-0.1, -0.05) is 38.1 Å². The minimum Gasteiger partial charge on any atom is -0.390 e. The van der Waals surface area contributed by atoms with Crippen LogP contribution in [0.15, 0.2) is 42.5 Å². The Morgan fingerprint density at radius 3 is 2.32 bits per heavy atom. The lowest BCUT2D eigenvalue weighted by atomic mass is 10.0. The van der Waals surface area contributed by atoms with Gasteiger partial charge in [-0.25, -0.2) is 8.78 Å². The maximum Gasteiger partial charge on any atom is 0.312 e. The number of halogens is 2. The first-order valence-electron chi connectivity index (χ1n) is 13.0. The maximum absolute atomic E-state index is 13.8. The lowest BCUT2D eigenvalue weighted by Gasteiger charge is -2.33. The molecule has 0 aromatic heterocycles. The second kappa shape index (κ2) is 14.0. The third-order valence-electron chi connectivity index (χ3n) is 6.50. The molecule has 1 aliphatic heterocycles. The third kappa shape index (κ3) is 8.32. The standard InChI is InChI=1S/C28H36F2N4O4/c1-3-8-33-9-10-34(28(38)27(33)37)18-26(36)32-24(14-21-12-22(29)15-23(30)13-21)25(35)17-31-16-20-7-5-6-19(4-2)11-20/h5-7,11-13,15,24-25,31,35H,3-4,8-10,14,16-18H2,1-2H3,(H,32,36). The van der Waals surface area contributed by atoms with Gasteiger partial charge in [-0.2, -0.15) is 0 Å². The highest BCUT2D eigenvalue weighted by molar-refractivity contribution is 6.35. The monoisotopic (exact) mass is 530 g/mol. The highest BCUT2D eigenvalue weighted by Crippen LogP contribution is 2.13. The largest absolute Gasteiger partial charge is 0.390 e. The van der Waals surface area contributed by atoms with Crippen molar-refractivity contribution in [3.8, 4) is 0 Å². The number of nitrogens with zero attached hydrogens (tertiary/aromatic N) is 2. The van der Waals surface area contributed by atoms with Crippen LogP contribution in [0, 0.1) is 11.6 Å². The molecule has 1 fully saturated rings. The molecule has 38 heavy (non-hydrogen) atoms. The normalized spacial score (nSPS) is 15.5. The van der Waals surface area contributed by atoms with Gasteiger partial charge in [0.2, 0.25) is 5.91 Å². The van der Waals surface area contributed by atoms with E-state index in [1.165, 1.54) is 15.4 Å². The zero-order valence-corrected chi connectivity index (χ0v) is 21.9. The van der Waals surface area contributed by atoms with Crippen LogP contribution in [0.2, 0.25) is 0 Å². The number of hydrogen-bond donors (Lipinski definition) is 3. The summed E-state index contributed by atoms with van der Waals surface area (Å²) >= 11 is 0. The number of carbonyl (C=O) groups is 3. The Morgan fingerprint density at radius 1 is 0.974 bits per heavy atom. The molecular weight excluding hydrogens is 494 g/mol. The van der Waals surface area contributed by atoms with Crippen molar-refractivity contribution in [3.05, 3.63) is 70.8 Å². The topological polar surface area (TPSA) is 102 Å². The Morgan fingerprint density at radius 2 is 1.63 bits per heavy atom. The van der Waals surface area contributed by atoms with Gasteiger partial charge in [0.15, 0.2) is 0 Å². The fourth-order valence-electron chi connectivity index (χ4n) is 4.51. The molecule has 1 aliphatic rings. The summed E-state index contributed by atoms with van der Waals surface area (Å²) in [6.07, 6.45) is 0.485. The molecule has 2 atom stereocenters. The van der Waals surface area contributed by atoms with Gasteiger partial charge >= 0.3 is 11.8 Å². The maximum atomic E-state index is 13.8. The number of carbonyl (C=O) groups excluding carboxylic acids is 3. The highest BCUT2D eigenvalue weighted by atomic mass is 19.1. The van der Waals surface area contributed by atoms with E-state index >= 15 is 0 Å². The number of aryl methyl sites for hydroxylation is 1. The summed E-state index contributed by atoms with van der Waals surface area (Å²) in [5.74, 6) is -3.49. The Hall–Kier alpha value is -3.37. The lowest BCUT2D eigenvalue weighted by molar-refractivity contribution is -0.157. The fourth-order valence-corrected chi connectivity index (χ4v) is 4.51. The summed E-state index contributed by atoms with van der Waals surface area (Å²) in [7, 11) is 0. The van der Waals surface area contributed by atoms with E-state index in [-0.39, 0.29) is 31.6 Å². The molecule has 8 nitrogen and oxygen atoms in total. The molecule has 3 N–H and O–H groups in total. The Bertz CT molecular complexity index is 1110. The highest BCUT2D eigenvalue weighted by Gasteiger charge is 2.33. The predicted octanol–water partition coefficient (Wildman–Crippen LogP) is 1.79. The fraction of sp³-hybridized carbons (Fsp3) is 0.464. The number of hydrogen-bond acceptors (Lipinski definition) is 5. The van der Waals surface area contributed by atoms with Gasteiger partial charge in [0.25, 0.3) is 0 Å². The first-order chi connectivity index (χ1) is 18.2. The van der Waals surface area contributed by atoms with E-state index in [1.807, 2.05) is 25.1 Å². The van der Waals surface area contributed by atoms with E-state index in [2.05, 4.69) is 23.6 Å². The molecule has 0 saturated carbocycles. The molecule has 2 unspecified atom stereocenters. The molecule has 0 aliphatic carbocycles. The van der Waals surface area contributed by atoms with Gasteiger partial charge in [-0.3, -0.25) is 14.4 Å². The van der Waals surface area contributed by atoms with Crippen LogP contribution in [-0.4, -0.2) is 77.5 Å². The van der Waals surface area contributed by atoms with Gasteiger partial charge in [-0.05, 0) is 48.1 Å². The number of amides is 3. The van der Waals surface area contributed by atoms with Crippen molar-refractivity contribution in [1.82, 2.24) is 20.4 Å². The summed E-state index contributed by atoms with van der Waals surface area (Å²) in [4.78, 5) is 40.3. The van der Waals surface area contributed by atoms with Crippen LogP contribution >= 0.6 is 0 Å². The molecule has 10 heteroatoms. The van der Waals surface area contributed by atoms with Crippen LogP contribution in [0.5, 0.6) is 0 Å². The van der Waals surface area contributed by atoms with Crippen molar-refractivity contribution in [2.24, 2.45) is 0 Å². The van der Waals surface area contributed by atoms with E-state index in [0.717, 1.165) is 36.6 Å². The zero-order chi connectivity index (χ0) is 27.7. The van der Waals surface area contributed by atoms with Gasteiger partial charge in [0, 0.05) is 38.8 Å². The van der Waals surface area contributed by atoms with E-state index in [1.54, 1.807) is 0 Å². The molecule has 0 radical (unpaired) electrons. The van der Waals surface area contributed by atoms with Gasteiger partial charge in [0.05, 0.1) is 12.1 Å². The van der Waals surface area contributed by atoms with Crippen molar-refractivity contribution in [3.63, 3.8) is 0 Å². The SMILES string of the molecule is CCCN1CCN(CC(=O)NC(Cc2cc(F)cc(F)c2)C(O)CNCc2cccc(CC)c2)C(=O)C1=O. The second-order valence-corrected chi connectivity index (χ2v) is 9.55. The predicted molar refractivity (Wildman–Crippen MR) is 139 cm³/mol. The average molecular weight is 531 g/mol. The molecular formula is C28H36F2N4O4. The Balaban J connectivity index is 1.65. The summed E-state index contributed by atoms with van der Waals surface area (Å²) < 4.78 is 27.6. The second-order valence-electron chi connectivity index (χ2n) is 9.55. The van der Waals surface area contributed by atoms with Gasteiger partial charge in [0.1, 0.15) is 18.2 Å². The molecule has 1 heterocycles. The van der Waals surface area contributed by atoms with Gasteiger partial charge < -0.3 is 25.5 Å². The van der Waals surface area contributed by atoms with Crippen molar-refractivity contribution in [2.75, 3.05) is 32.7 Å². The molecule has 206 valence electrons. The number of piperazine rings is 1. The average Bonchev–Trinajstić information content (AvgIpc) is 2.87. The third-order valence-corrected chi connectivity index (χ3v) is 6.50. The number of aliphatic hydroxyl groups is 1. The van der Waals surface area contributed by atoms with Crippen LogP contribution in [0.4, 0.5) is 8.78 Å². The number of benzene rings is 2. The van der Waals surface area contributed by atoms with Crippen molar-refractivity contribution in [2.45, 2.75) is 51.8 Å². The van der Waals surface area contributed by atoms with E-state index in [9.17, 15) is 28.3 Å². The van der Waals surface area contributed by atoms with Crippen molar-refractivity contribution in [1.29, 1.82) is 0 Å². The summed E-state index contributed by atoms with van der Waals surface area (Å²) in [6.45, 7) is 5.23. The Labute approximate surface area is 222 Å². The first-order valence-corrected chi connectivity index (χ1v) is 13.0. The summed E-state index contributed by atoms with van der Waals surface area (Å²) in [5.41, 5.74) is 2.49. The van der Waals surface area contributed by atoms with E-state index < -0.39 is 41.5 Å². The minimum absolute atomic E-state index is 0.0360. The molecule has 2 aromatic rings. The summed E-state index contributed by atoms with van der Waals surface area (Å²) in [5, 5.41) is 16.8. The summed E-state index contributed by atoms with van der Waals surface area (Å²) in [6, 6.07) is 10.2. The molecule has 3 amide bonds. The zero-order valence-electron chi connectivity index (χ0n) is 21.9. The van der Waals surface area contributed by atoms with Crippen molar-refractivity contribution < 1.29 is 28.3 Å². The minimum atomic E-state index is -1.10. The number of rotatable bonds is 13. The van der Waals surface area contributed by atoms with Crippen molar-refractivity contribution >= 4 is 17.7 Å².